The van der Waals surface area contributed by atoms with Gasteiger partial charge in [-0.3, -0.25) is 4.79 Å². The predicted molar refractivity (Wildman–Crippen MR) is 108 cm³/mol. The number of nitrogens with zero attached hydrogens (tertiary/aromatic N) is 3. The van der Waals surface area contributed by atoms with Gasteiger partial charge >= 0.3 is 0 Å². The second-order valence-corrected chi connectivity index (χ2v) is 7.19. The highest BCUT2D eigenvalue weighted by atomic mass is 16.3. The Morgan fingerprint density at radius 1 is 1.18 bits per heavy atom. The van der Waals surface area contributed by atoms with Gasteiger partial charge in [0.05, 0.1) is 23.5 Å². The second-order valence-electron chi connectivity index (χ2n) is 7.19. The molecule has 1 aromatic heterocycles. The molecule has 144 valence electrons. The van der Waals surface area contributed by atoms with Crippen LogP contribution in [0.5, 0.6) is 0 Å². The van der Waals surface area contributed by atoms with E-state index in [-0.39, 0.29) is 11.9 Å². The normalized spacial score (nSPS) is 18.9. The number of β-amino-alcohol motifs (C(OH)–C–C–N with tert-alkyl or cyclic N) is 1. The van der Waals surface area contributed by atoms with Gasteiger partial charge in [0.1, 0.15) is 0 Å². The molecule has 2 heterocycles. The summed E-state index contributed by atoms with van der Waals surface area (Å²) in [7, 11) is 1.79. The minimum Gasteiger partial charge on any atom is -0.392 e. The number of carbonyl (C=O) groups excluding carboxylic acids is 1. The van der Waals surface area contributed by atoms with Gasteiger partial charge in [-0.1, -0.05) is 48.5 Å². The fourth-order valence-electron chi connectivity index (χ4n) is 3.58. The molecule has 1 saturated heterocycles. The summed E-state index contributed by atoms with van der Waals surface area (Å²) >= 11 is 0. The molecule has 1 aliphatic heterocycles. The Morgan fingerprint density at radius 2 is 1.86 bits per heavy atom. The van der Waals surface area contributed by atoms with Gasteiger partial charge in [-0.05, 0) is 18.6 Å². The van der Waals surface area contributed by atoms with Crippen LogP contribution in [0.4, 0.5) is 0 Å². The number of benzene rings is 2. The van der Waals surface area contributed by atoms with E-state index in [1.54, 1.807) is 11.9 Å². The van der Waals surface area contributed by atoms with Crippen molar-refractivity contribution in [3.05, 3.63) is 72.4 Å². The molecule has 1 aliphatic rings. The van der Waals surface area contributed by atoms with Crippen molar-refractivity contribution in [1.82, 2.24) is 20.0 Å². The van der Waals surface area contributed by atoms with Crippen LogP contribution in [0.25, 0.3) is 16.9 Å². The predicted octanol–water partition coefficient (Wildman–Crippen LogP) is 2.22. The molecule has 2 N–H and O–H groups in total. The quantitative estimate of drug-likeness (QED) is 0.716. The van der Waals surface area contributed by atoms with Crippen molar-refractivity contribution in [3.8, 4) is 16.9 Å². The van der Waals surface area contributed by atoms with Gasteiger partial charge in [-0.25, -0.2) is 4.68 Å². The van der Waals surface area contributed by atoms with Gasteiger partial charge in [0.25, 0.3) is 0 Å². The molecule has 28 heavy (non-hydrogen) atoms. The van der Waals surface area contributed by atoms with E-state index in [9.17, 15) is 9.90 Å². The van der Waals surface area contributed by atoms with Crippen LogP contribution in [0.2, 0.25) is 0 Å². The molecule has 0 saturated carbocycles. The van der Waals surface area contributed by atoms with Crippen molar-refractivity contribution in [2.24, 2.45) is 0 Å². The van der Waals surface area contributed by atoms with Crippen LogP contribution < -0.4 is 5.32 Å². The number of hydrogen-bond donors (Lipinski definition) is 2. The first-order valence-corrected chi connectivity index (χ1v) is 9.47. The molecule has 0 unspecified atom stereocenters. The Labute approximate surface area is 164 Å². The summed E-state index contributed by atoms with van der Waals surface area (Å²) in [5.41, 5.74) is 3.83. The molecule has 4 rings (SSSR count). The number of rotatable bonds is 5. The highest BCUT2D eigenvalue weighted by molar-refractivity contribution is 5.82. The molecule has 6 heteroatoms. The summed E-state index contributed by atoms with van der Waals surface area (Å²) in [5, 5.41) is 17.6. The standard InChI is InChI=1S/C22H24N4O2/c1-25(22(28)20-12-19(27)13-23-20)14-17-15-26(18-10-6-3-7-11-18)24-21(17)16-8-4-2-5-9-16/h2-11,15,19-20,23,27H,12-14H2,1H3/t19-,20-/m0/s1. The van der Waals surface area contributed by atoms with Gasteiger partial charge in [0.15, 0.2) is 0 Å². The van der Waals surface area contributed by atoms with Crippen molar-refractivity contribution in [3.63, 3.8) is 0 Å². The Morgan fingerprint density at radius 3 is 2.50 bits per heavy atom. The SMILES string of the molecule is CN(Cc1cn(-c2ccccc2)nc1-c1ccccc1)C(=O)[C@@H]1C[C@H](O)CN1. The van der Waals surface area contributed by atoms with E-state index in [2.05, 4.69) is 5.32 Å². The third-order valence-corrected chi connectivity index (χ3v) is 5.05. The van der Waals surface area contributed by atoms with Crippen molar-refractivity contribution in [2.45, 2.75) is 25.1 Å². The largest absolute Gasteiger partial charge is 0.392 e. The summed E-state index contributed by atoms with van der Waals surface area (Å²) in [6.45, 7) is 0.912. The molecule has 0 spiro atoms. The Kier molecular flexibility index (Phi) is 5.23. The topological polar surface area (TPSA) is 70.4 Å². The van der Waals surface area contributed by atoms with Crippen LogP contribution in [-0.4, -0.2) is 51.4 Å². The van der Waals surface area contributed by atoms with Crippen molar-refractivity contribution < 1.29 is 9.90 Å². The van der Waals surface area contributed by atoms with Gasteiger partial charge in [-0.15, -0.1) is 0 Å². The highest BCUT2D eigenvalue weighted by Gasteiger charge is 2.30. The molecule has 2 aromatic carbocycles. The van der Waals surface area contributed by atoms with Gasteiger partial charge in [-0.2, -0.15) is 5.10 Å². The zero-order valence-corrected chi connectivity index (χ0v) is 15.8. The van der Waals surface area contributed by atoms with Crippen LogP contribution in [0.15, 0.2) is 66.9 Å². The average molecular weight is 376 g/mol. The number of nitrogens with one attached hydrogen (secondary N) is 1. The smallest absolute Gasteiger partial charge is 0.239 e. The van der Waals surface area contributed by atoms with E-state index in [4.69, 9.17) is 5.10 Å². The Bertz CT molecular complexity index is 940. The molecule has 3 aromatic rings. The molecule has 1 amide bonds. The van der Waals surface area contributed by atoms with Crippen molar-refractivity contribution in [1.29, 1.82) is 0 Å². The molecular weight excluding hydrogens is 352 g/mol. The summed E-state index contributed by atoms with van der Waals surface area (Å²) in [4.78, 5) is 14.4. The number of carbonyl (C=O) groups is 1. The first kappa shape index (κ1) is 18.4. The minimum atomic E-state index is -0.455. The second kappa shape index (κ2) is 7.96. The number of amides is 1. The van der Waals surface area contributed by atoms with Gasteiger partial charge < -0.3 is 15.3 Å². The third-order valence-electron chi connectivity index (χ3n) is 5.05. The first-order valence-electron chi connectivity index (χ1n) is 9.47. The Hall–Kier alpha value is -2.96. The molecule has 6 nitrogen and oxygen atoms in total. The number of aromatic nitrogens is 2. The average Bonchev–Trinajstić information content (AvgIpc) is 3.35. The maximum absolute atomic E-state index is 12.7. The zero-order valence-electron chi connectivity index (χ0n) is 15.8. The van der Waals surface area contributed by atoms with E-state index in [0.29, 0.717) is 19.5 Å². The fraction of sp³-hybridized carbons (Fsp3) is 0.273. The summed E-state index contributed by atoms with van der Waals surface area (Å²) in [6.07, 6.45) is 1.99. The summed E-state index contributed by atoms with van der Waals surface area (Å²) in [6, 6.07) is 19.6. The molecule has 1 fully saturated rings. The van der Waals surface area contributed by atoms with E-state index in [0.717, 1.165) is 22.5 Å². The lowest BCUT2D eigenvalue weighted by molar-refractivity contribution is -0.132. The number of aliphatic hydroxyl groups excluding tert-OH is 1. The summed E-state index contributed by atoms with van der Waals surface area (Å²) < 4.78 is 1.85. The van der Waals surface area contributed by atoms with Crippen LogP contribution in [0, 0.1) is 0 Å². The van der Waals surface area contributed by atoms with Crippen molar-refractivity contribution in [2.75, 3.05) is 13.6 Å². The van der Waals surface area contributed by atoms with Crippen molar-refractivity contribution >= 4 is 5.91 Å². The number of para-hydroxylation sites is 1. The minimum absolute atomic E-state index is 0.0111. The number of aliphatic hydroxyl groups is 1. The maximum Gasteiger partial charge on any atom is 0.239 e. The highest BCUT2D eigenvalue weighted by Crippen LogP contribution is 2.25. The lowest BCUT2D eigenvalue weighted by Gasteiger charge is -2.21. The molecule has 0 bridgehead atoms. The van der Waals surface area contributed by atoms with Crippen LogP contribution in [0.3, 0.4) is 0 Å². The van der Waals surface area contributed by atoms with Crippen LogP contribution >= 0.6 is 0 Å². The monoisotopic (exact) mass is 376 g/mol. The lowest BCUT2D eigenvalue weighted by atomic mass is 10.1. The van der Waals surface area contributed by atoms with E-state index < -0.39 is 6.10 Å². The Balaban J connectivity index is 1.63. The van der Waals surface area contributed by atoms with E-state index in [1.807, 2.05) is 71.5 Å². The summed E-state index contributed by atoms with van der Waals surface area (Å²) in [5.74, 6) is -0.0111. The van der Waals surface area contributed by atoms with E-state index in [1.165, 1.54) is 0 Å². The molecule has 0 aliphatic carbocycles. The molecule has 0 radical (unpaired) electrons. The number of likely N-dealkylation sites (N-methyl/N-ethyl adjacent to an activating group) is 1. The number of hydrogen-bond acceptors (Lipinski definition) is 4. The molecular formula is C22H24N4O2. The van der Waals surface area contributed by atoms with Crippen LogP contribution in [-0.2, 0) is 11.3 Å². The van der Waals surface area contributed by atoms with Gasteiger partial charge in [0.2, 0.25) is 5.91 Å². The lowest BCUT2D eigenvalue weighted by Crippen LogP contribution is -2.41. The fourth-order valence-corrected chi connectivity index (χ4v) is 3.58. The van der Waals surface area contributed by atoms with Gasteiger partial charge in [0, 0.05) is 37.5 Å². The zero-order chi connectivity index (χ0) is 19.5. The first-order chi connectivity index (χ1) is 13.6. The third kappa shape index (κ3) is 3.83. The van der Waals surface area contributed by atoms with Crippen LogP contribution in [0.1, 0.15) is 12.0 Å². The molecule has 2 atom stereocenters. The van der Waals surface area contributed by atoms with E-state index >= 15 is 0 Å². The maximum atomic E-state index is 12.7.